The van der Waals surface area contributed by atoms with Crippen molar-refractivity contribution in [1.82, 2.24) is 0 Å². The zero-order valence-electron chi connectivity index (χ0n) is 7.48. The van der Waals surface area contributed by atoms with E-state index in [2.05, 4.69) is 0 Å². The number of nitrogens with zero attached hydrogens (tertiary/aromatic N) is 1. The van der Waals surface area contributed by atoms with E-state index in [0.717, 1.165) is 0 Å². The van der Waals surface area contributed by atoms with Gasteiger partial charge in [0.1, 0.15) is 0 Å². The minimum Gasteiger partial charge on any atom is -0.480 e. The number of Topliss-reactive ketones (excluding diaryl/α,β-unsaturated/α-hetero) is 1. The molecule has 76 valence electrons. The van der Waals surface area contributed by atoms with Crippen molar-refractivity contribution in [2.75, 3.05) is 0 Å². The molecule has 4 nitrogen and oxygen atoms in total. The molecule has 0 fully saturated rings. The van der Waals surface area contributed by atoms with Crippen LogP contribution in [0, 0.1) is 17.2 Å². The van der Waals surface area contributed by atoms with Crippen molar-refractivity contribution in [2.24, 2.45) is 5.92 Å². The zero-order valence-corrected chi connectivity index (χ0v) is 8.23. The molecule has 1 N–H and O–H groups in total. The lowest BCUT2D eigenvalue weighted by Crippen LogP contribution is -2.22. The summed E-state index contributed by atoms with van der Waals surface area (Å²) in [5.74, 6) is -3.84. The summed E-state index contributed by atoms with van der Waals surface area (Å²) in [6.45, 7) is 0. The number of carbonyl (C=O) groups is 2. The van der Waals surface area contributed by atoms with Gasteiger partial charge in [0.05, 0.1) is 6.07 Å². The molecule has 5 heteroatoms. The van der Waals surface area contributed by atoms with Gasteiger partial charge in [-0.15, -0.1) is 0 Å². The zero-order chi connectivity index (χ0) is 11.4. The van der Waals surface area contributed by atoms with Crippen LogP contribution in [0.4, 0.5) is 0 Å². The number of hydrogen-bond donors (Lipinski definition) is 1. The predicted octanol–water partition coefficient (Wildman–Crippen LogP) is 1.75. The normalized spacial score (nSPS) is 11.5. The molecule has 0 spiro atoms. The predicted molar refractivity (Wildman–Crippen MR) is 52.5 cm³/mol. The molecule has 15 heavy (non-hydrogen) atoms. The number of rotatable bonds is 3. The maximum Gasteiger partial charge on any atom is 0.329 e. The van der Waals surface area contributed by atoms with E-state index in [1.54, 1.807) is 0 Å². The van der Waals surface area contributed by atoms with Crippen molar-refractivity contribution in [3.8, 4) is 6.07 Å². The highest BCUT2D eigenvalue weighted by Gasteiger charge is 2.26. The molecule has 0 aliphatic carbocycles. The average Bonchev–Trinajstić information content (AvgIpc) is 2.19. The van der Waals surface area contributed by atoms with Crippen LogP contribution in [0.3, 0.4) is 0 Å². The highest BCUT2D eigenvalue weighted by molar-refractivity contribution is 6.30. The third kappa shape index (κ3) is 2.55. The van der Waals surface area contributed by atoms with E-state index in [1.807, 2.05) is 0 Å². The van der Waals surface area contributed by atoms with Crippen LogP contribution in [0.2, 0.25) is 5.02 Å². The molecule has 1 aromatic rings. The van der Waals surface area contributed by atoms with Gasteiger partial charge in [-0.05, 0) is 24.3 Å². The lowest BCUT2D eigenvalue weighted by molar-refractivity contribution is -0.138. The van der Waals surface area contributed by atoms with Crippen LogP contribution in [0.1, 0.15) is 10.4 Å². The molecule has 0 aliphatic rings. The molecule has 1 atom stereocenters. The number of aliphatic carboxylic acids is 1. The number of nitriles is 1. The van der Waals surface area contributed by atoms with Crippen molar-refractivity contribution in [3.63, 3.8) is 0 Å². The smallest absolute Gasteiger partial charge is 0.329 e. The Balaban J connectivity index is 2.99. The lowest BCUT2D eigenvalue weighted by Gasteiger charge is -2.02. The summed E-state index contributed by atoms with van der Waals surface area (Å²) < 4.78 is 0. The number of carboxylic acids is 1. The lowest BCUT2D eigenvalue weighted by atomic mass is 9.99. The Labute approximate surface area is 90.7 Å². The van der Waals surface area contributed by atoms with E-state index in [9.17, 15) is 9.59 Å². The van der Waals surface area contributed by atoms with Gasteiger partial charge in [0.15, 0.2) is 5.78 Å². The standard InChI is InChI=1S/C10H6ClNO3/c11-7-3-1-6(2-4-7)9(13)8(5-12)10(14)15/h1-4,8H,(H,14,15). The highest BCUT2D eigenvalue weighted by atomic mass is 35.5. The number of benzene rings is 1. The number of hydrogen-bond acceptors (Lipinski definition) is 3. The van der Waals surface area contributed by atoms with E-state index < -0.39 is 17.7 Å². The Morgan fingerprint density at radius 1 is 1.33 bits per heavy atom. The molecule has 0 aromatic heterocycles. The minimum absolute atomic E-state index is 0.161. The molecule has 0 saturated heterocycles. The number of ketones is 1. The summed E-state index contributed by atoms with van der Waals surface area (Å²) in [7, 11) is 0. The topological polar surface area (TPSA) is 78.2 Å². The molecular formula is C10H6ClNO3. The Kier molecular flexibility index (Phi) is 3.42. The molecule has 0 saturated carbocycles. The van der Waals surface area contributed by atoms with E-state index in [0.29, 0.717) is 5.02 Å². The summed E-state index contributed by atoms with van der Waals surface area (Å²) in [5, 5.41) is 17.5. The molecule has 0 bridgehead atoms. The first-order valence-electron chi connectivity index (χ1n) is 3.98. The number of halogens is 1. The second-order valence-electron chi connectivity index (χ2n) is 2.77. The van der Waals surface area contributed by atoms with Crippen molar-refractivity contribution >= 4 is 23.4 Å². The Morgan fingerprint density at radius 2 is 1.87 bits per heavy atom. The Hall–Kier alpha value is -1.86. The molecule has 0 radical (unpaired) electrons. The fraction of sp³-hybridized carbons (Fsp3) is 0.100. The van der Waals surface area contributed by atoms with Gasteiger partial charge in [0, 0.05) is 10.6 Å². The van der Waals surface area contributed by atoms with Crippen molar-refractivity contribution in [2.45, 2.75) is 0 Å². The maximum absolute atomic E-state index is 11.5. The molecule has 1 unspecified atom stereocenters. The average molecular weight is 224 g/mol. The van der Waals surface area contributed by atoms with Gasteiger partial charge in [0.2, 0.25) is 5.92 Å². The van der Waals surface area contributed by atoms with Crippen LogP contribution in [0.25, 0.3) is 0 Å². The largest absolute Gasteiger partial charge is 0.480 e. The quantitative estimate of drug-likeness (QED) is 0.625. The number of carbonyl (C=O) groups excluding carboxylic acids is 1. The summed E-state index contributed by atoms with van der Waals surface area (Å²) in [4.78, 5) is 22.0. The van der Waals surface area contributed by atoms with Gasteiger partial charge >= 0.3 is 5.97 Å². The summed E-state index contributed by atoms with van der Waals surface area (Å²) >= 11 is 5.60. The Morgan fingerprint density at radius 3 is 2.27 bits per heavy atom. The van der Waals surface area contributed by atoms with Crippen LogP contribution in [0.5, 0.6) is 0 Å². The van der Waals surface area contributed by atoms with Crippen molar-refractivity contribution in [3.05, 3.63) is 34.9 Å². The molecular weight excluding hydrogens is 218 g/mol. The Bertz CT molecular complexity index is 433. The minimum atomic E-state index is -1.66. The van der Waals surface area contributed by atoms with Gasteiger partial charge in [-0.1, -0.05) is 11.6 Å². The van der Waals surface area contributed by atoms with Gasteiger partial charge in [0.25, 0.3) is 0 Å². The van der Waals surface area contributed by atoms with Gasteiger partial charge in [-0.2, -0.15) is 5.26 Å². The summed E-state index contributed by atoms with van der Waals surface area (Å²) in [6, 6.07) is 7.13. The third-order valence-electron chi connectivity index (χ3n) is 1.77. The third-order valence-corrected chi connectivity index (χ3v) is 2.02. The SMILES string of the molecule is N#CC(C(=O)O)C(=O)c1ccc(Cl)cc1. The van der Waals surface area contributed by atoms with E-state index in [-0.39, 0.29) is 5.56 Å². The molecule has 0 heterocycles. The van der Waals surface area contributed by atoms with Gasteiger partial charge < -0.3 is 5.11 Å². The molecule has 1 aromatic carbocycles. The van der Waals surface area contributed by atoms with Crippen LogP contribution >= 0.6 is 11.6 Å². The first kappa shape index (κ1) is 11.2. The second-order valence-corrected chi connectivity index (χ2v) is 3.21. The highest BCUT2D eigenvalue weighted by Crippen LogP contribution is 2.13. The van der Waals surface area contributed by atoms with Gasteiger partial charge in [-0.25, -0.2) is 0 Å². The fourth-order valence-electron chi connectivity index (χ4n) is 1.01. The first-order valence-corrected chi connectivity index (χ1v) is 4.36. The van der Waals surface area contributed by atoms with E-state index in [1.165, 1.54) is 30.3 Å². The monoisotopic (exact) mass is 223 g/mol. The first-order chi connectivity index (χ1) is 7.06. The van der Waals surface area contributed by atoms with Crippen LogP contribution in [-0.4, -0.2) is 16.9 Å². The maximum atomic E-state index is 11.5. The summed E-state index contributed by atoms with van der Waals surface area (Å²) in [5.41, 5.74) is 0.161. The molecule has 1 rings (SSSR count). The van der Waals surface area contributed by atoms with Crippen molar-refractivity contribution < 1.29 is 14.7 Å². The van der Waals surface area contributed by atoms with Crippen molar-refractivity contribution in [1.29, 1.82) is 5.26 Å². The molecule has 0 amide bonds. The van der Waals surface area contributed by atoms with Crippen LogP contribution < -0.4 is 0 Å². The summed E-state index contributed by atoms with van der Waals surface area (Å²) in [6.07, 6.45) is 0. The second kappa shape index (κ2) is 4.58. The fourth-order valence-corrected chi connectivity index (χ4v) is 1.13. The van der Waals surface area contributed by atoms with Crippen LogP contribution in [0.15, 0.2) is 24.3 Å². The van der Waals surface area contributed by atoms with E-state index in [4.69, 9.17) is 22.0 Å². The molecule has 0 aliphatic heterocycles. The van der Waals surface area contributed by atoms with Crippen LogP contribution in [-0.2, 0) is 4.79 Å². The van der Waals surface area contributed by atoms with Gasteiger partial charge in [-0.3, -0.25) is 9.59 Å². The number of carboxylic acid groups (broad SMARTS) is 1. The van der Waals surface area contributed by atoms with E-state index >= 15 is 0 Å².